The maximum Gasteiger partial charge on any atom is 0.174 e. The number of ketones is 1. The number of Topliss-reactive ketones (excluding diaryl/α,β-unsaturated/α-hetero) is 1. The van der Waals surface area contributed by atoms with Crippen molar-refractivity contribution in [2.45, 2.75) is 51.7 Å². The molecule has 1 saturated heterocycles. The van der Waals surface area contributed by atoms with Crippen LogP contribution >= 0.6 is 12.2 Å². The summed E-state index contributed by atoms with van der Waals surface area (Å²) in [6.45, 7) is 5.69. The summed E-state index contributed by atoms with van der Waals surface area (Å²) in [5.41, 5.74) is 4.27. The summed E-state index contributed by atoms with van der Waals surface area (Å²) in [7, 11) is 3.24. The number of benzene rings is 2. The molecule has 2 atom stereocenters. The van der Waals surface area contributed by atoms with Gasteiger partial charge in [-0.1, -0.05) is 32.0 Å². The van der Waals surface area contributed by atoms with Crippen molar-refractivity contribution in [2.24, 2.45) is 5.41 Å². The molecule has 0 amide bonds. The van der Waals surface area contributed by atoms with E-state index in [2.05, 4.69) is 29.4 Å². The third kappa shape index (κ3) is 5.05. The lowest BCUT2D eigenvalue weighted by atomic mass is 9.73. The third-order valence-corrected chi connectivity index (χ3v) is 7.69. The quantitative estimate of drug-likeness (QED) is 0.509. The number of allylic oxidation sites excluding steroid dienone is 1. The molecule has 1 aliphatic carbocycles. The van der Waals surface area contributed by atoms with E-state index in [0.29, 0.717) is 29.6 Å². The second kappa shape index (κ2) is 10.3. The molecule has 2 N–H and O–H groups in total. The van der Waals surface area contributed by atoms with Crippen molar-refractivity contribution in [3.8, 4) is 11.5 Å². The van der Waals surface area contributed by atoms with Crippen LogP contribution in [0.15, 0.2) is 53.7 Å². The first kappa shape index (κ1) is 25.5. The van der Waals surface area contributed by atoms with Crippen LogP contribution in [0.5, 0.6) is 11.5 Å². The van der Waals surface area contributed by atoms with Gasteiger partial charge in [0.15, 0.2) is 22.4 Å². The Morgan fingerprint density at radius 1 is 1.16 bits per heavy atom. The van der Waals surface area contributed by atoms with Gasteiger partial charge in [0.25, 0.3) is 0 Å². The number of anilines is 2. The van der Waals surface area contributed by atoms with Crippen molar-refractivity contribution in [3.63, 3.8) is 0 Å². The standard InChI is InChI=1S/C29H35N3O4S/c1-29(2)15-21-26(23(33)16-29)27(18-11-12-24(34-3)25(14-18)35-4)32(22-10-6-5-9-20(22)31-21)28(37)30-17-19-8-7-13-36-19/h5-6,9-12,14,19,27,31H,7-8,13,15-17H2,1-4H3,(H,30,37)/t19-,27-/m0/s1. The molecule has 2 aromatic carbocycles. The van der Waals surface area contributed by atoms with Gasteiger partial charge in [-0.2, -0.15) is 0 Å². The molecule has 8 heteroatoms. The largest absolute Gasteiger partial charge is 0.493 e. The minimum absolute atomic E-state index is 0.123. The van der Waals surface area contributed by atoms with Gasteiger partial charge in [0.1, 0.15) is 0 Å². The molecule has 1 fully saturated rings. The summed E-state index contributed by atoms with van der Waals surface area (Å²) in [5, 5.41) is 7.64. The summed E-state index contributed by atoms with van der Waals surface area (Å²) in [6.07, 6.45) is 3.43. The molecule has 7 nitrogen and oxygen atoms in total. The molecular formula is C29H35N3O4S. The van der Waals surface area contributed by atoms with Gasteiger partial charge >= 0.3 is 0 Å². The minimum Gasteiger partial charge on any atom is -0.493 e. The molecule has 5 rings (SSSR count). The van der Waals surface area contributed by atoms with E-state index in [4.69, 9.17) is 26.4 Å². The van der Waals surface area contributed by atoms with Gasteiger partial charge in [-0.05, 0) is 66.7 Å². The van der Waals surface area contributed by atoms with Crippen LogP contribution in [0.25, 0.3) is 0 Å². The van der Waals surface area contributed by atoms with Crippen molar-refractivity contribution in [1.82, 2.24) is 5.32 Å². The summed E-state index contributed by atoms with van der Waals surface area (Å²) in [4.78, 5) is 16.0. The fourth-order valence-corrected chi connectivity index (χ4v) is 5.93. The lowest BCUT2D eigenvalue weighted by Gasteiger charge is -2.38. The lowest BCUT2D eigenvalue weighted by Crippen LogP contribution is -2.46. The van der Waals surface area contributed by atoms with Gasteiger partial charge in [-0.3, -0.25) is 4.79 Å². The number of thiocarbonyl (C=S) groups is 1. The zero-order valence-corrected chi connectivity index (χ0v) is 22.7. The molecular weight excluding hydrogens is 486 g/mol. The second-order valence-corrected chi connectivity index (χ2v) is 11.1. The number of carbonyl (C=O) groups excluding carboxylic acids is 1. The first-order valence-electron chi connectivity index (χ1n) is 12.8. The van der Waals surface area contributed by atoms with E-state index in [1.807, 2.05) is 42.5 Å². The predicted molar refractivity (Wildman–Crippen MR) is 149 cm³/mol. The van der Waals surface area contributed by atoms with Crippen molar-refractivity contribution in [1.29, 1.82) is 0 Å². The second-order valence-electron chi connectivity index (χ2n) is 10.7. The van der Waals surface area contributed by atoms with Crippen LogP contribution in [0.4, 0.5) is 11.4 Å². The van der Waals surface area contributed by atoms with Crippen LogP contribution in [0.2, 0.25) is 0 Å². The smallest absolute Gasteiger partial charge is 0.174 e. The highest BCUT2D eigenvalue weighted by molar-refractivity contribution is 7.80. The Hall–Kier alpha value is -3.10. The summed E-state index contributed by atoms with van der Waals surface area (Å²) < 4.78 is 17.0. The Labute approximate surface area is 224 Å². The number of rotatable bonds is 5. The van der Waals surface area contributed by atoms with Crippen molar-refractivity contribution in [2.75, 3.05) is 37.6 Å². The molecule has 0 saturated carbocycles. The maximum atomic E-state index is 13.9. The average molecular weight is 522 g/mol. The van der Waals surface area contributed by atoms with Crippen molar-refractivity contribution >= 4 is 34.5 Å². The number of para-hydroxylation sites is 2. The first-order valence-corrected chi connectivity index (χ1v) is 13.2. The Morgan fingerprint density at radius 2 is 1.95 bits per heavy atom. The van der Waals surface area contributed by atoms with E-state index in [0.717, 1.165) is 54.1 Å². The van der Waals surface area contributed by atoms with Gasteiger partial charge in [0.2, 0.25) is 0 Å². The fraction of sp³-hybridized carbons (Fsp3) is 0.448. The Kier molecular flexibility index (Phi) is 7.14. The van der Waals surface area contributed by atoms with Crippen LogP contribution in [0, 0.1) is 5.41 Å². The van der Waals surface area contributed by atoms with E-state index in [1.54, 1.807) is 14.2 Å². The van der Waals surface area contributed by atoms with E-state index in [9.17, 15) is 4.79 Å². The number of methoxy groups -OCH3 is 2. The number of hydrogen-bond acceptors (Lipinski definition) is 6. The number of hydrogen-bond donors (Lipinski definition) is 2. The highest BCUT2D eigenvalue weighted by Gasteiger charge is 2.42. The minimum atomic E-state index is -0.445. The molecule has 2 aromatic rings. The number of fused-ring (bicyclic) bond motifs is 1. The maximum absolute atomic E-state index is 13.9. The molecule has 196 valence electrons. The van der Waals surface area contributed by atoms with Gasteiger partial charge in [-0.15, -0.1) is 0 Å². The lowest BCUT2D eigenvalue weighted by molar-refractivity contribution is -0.118. The van der Waals surface area contributed by atoms with E-state index >= 15 is 0 Å². The number of ether oxygens (including phenoxy) is 3. The van der Waals surface area contributed by atoms with Gasteiger partial charge in [0, 0.05) is 30.8 Å². The summed E-state index contributed by atoms with van der Waals surface area (Å²) in [5.74, 6) is 1.36. The molecule has 0 bridgehead atoms. The van der Waals surface area contributed by atoms with Gasteiger partial charge < -0.3 is 29.7 Å². The number of carbonyl (C=O) groups is 1. The first-order chi connectivity index (χ1) is 17.8. The topological polar surface area (TPSA) is 72.1 Å². The molecule has 0 spiro atoms. The molecule has 2 aliphatic heterocycles. The van der Waals surface area contributed by atoms with Gasteiger partial charge in [-0.25, -0.2) is 0 Å². The Morgan fingerprint density at radius 3 is 2.68 bits per heavy atom. The monoisotopic (exact) mass is 521 g/mol. The van der Waals surface area contributed by atoms with E-state index < -0.39 is 6.04 Å². The molecule has 0 aromatic heterocycles. The van der Waals surface area contributed by atoms with Crippen LogP contribution in [0.3, 0.4) is 0 Å². The molecule has 0 unspecified atom stereocenters. The summed E-state index contributed by atoms with van der Waals surface area (Å²) >= 11 is 6.05. The van der Waals surface area contributed by atoms with Crippen molar-refractivity contribution in [3.05, 3.63) is 59.3 Å². The average Bonchev–Trinajstić information content (AvgIpc) is 3.35. The van der Waals surface area contributed by atoms with Crippen LogP contribution in [-0.2, 0) is 9.53 Å². The van der Waals surface area contributed by atoms with Crippen LogP contribution in [-0.4, -0.2) is 44.4 Å². The van der Waals surface area contributed by atoms with Crippen molar-refractivity contribution < 1.29 is 19.0 Å². The zero-order valence-electron chi connectivity index (χ0n) is 21.9. The fourth-order valence-electron chi connectivity index (χ4n) is 5.64. The van der Waals surface area contributed by atoms with Crippen LogP contribution in [0.1, 0.15) is 51.1 Å². The van der Waals surface area contributed by atoms with E-state index in [-0.39, 0.29) is 17.3 Å². The SMILES string of the molecule is COc1ccc([C@H]2C3=C(CC(C)(C)CC3=O)Nc3ccccc3N2C(=S)NC[C@@H]2CCCO2)cc1OC. The number of nitrogens with one attached hydrogen (secondary N) is 2. The molecule has 37 heavy (non-hydrogen) atoms. The highest BCUT2D eigenvalue weighted by Crippen LogP contribution is 2.49. The molecule has 3 aliphatic rings. The number of nitrogens with zero attached hydrogens (tertiary/aromatic N) is 1. The summed E-state index contributed by atoms with van der Waals surface area (Å²) in [6, 6.07) is 13.5. The van der Waals surface area contributed by atoms with Gasteiger partial charge in [0.05, 0.1) is 37.7 Å². The highest BCUT2D eigenvalue weighted by atomic mass is 32.1. The molecule has 2 heterocycles. The Balaban J connectivity index is 1.67. The Bertz CT molecular complexity index is 1240. The van der Waals surface area contributed by atoms with E-state index in [1.165, 1.54) is 0 Å². The predicted octanol–water partition coefficient (Wildman–Crippen LogP) is 5.37. The zero-order chi connectivity index (χ0) is 26.2. The van der Waals surface area contributed by atoms with Crippen LogP contribution < -0.4 is 25.0 Å². The molecule has 0 radical (unpaired) electrons. The normalized spacial score (nSPS) is 22.5. The third-order valence-electron chi connectivity index (χ3n) is 7.35.